The van der Waals surface area contributed by atoms with Crippen molar-refractivity contribution in [1.82, 2.24) is 10.2 Å². The Morgan fingerprint density at radius 1 is 1.12 bits per heavy atom. The molecular formula is C20H28N2O2. The lowest BCUT2D eigenvalue weighted by atomic mass is 9.87. The Balaban J connectivity index is 2.03. The van der Waals surface area contributed by atoms with Crippen LogP contribution in [0, 0.1) is 6.92 Å². The fraction of sp³-hybridized carbons (Fsp3) is 0.450. The monoisotopic (exact) mass is 328 g/mol. The first-order chi connectivity index (χ1) is 11.2. The number of benzene rings is 1. The molecule has 1 aromatic carbocycles. The van der Waals surface area contributed by atoms with Crippen LogP contribution in [0.25, 0.3) is 0 Å². The lowest BCUT2D eigenvalue weighted by Crippen LogP contribution is -2.34. The van der Waals surface area contributed by atoms with Gasteiger partial charge in [0.1, 0.15) is 11.5 Å². The Hall–Kier alpha value is -2.07. The van der Waals surface area contributed by atoms with E-state index in [1.165, 1.54) is 5.56 Å². The highest BCUT2D eigenvalue weighted by atomic mass is 16.3. The molecule has 1 aromatic heterocycles. The van der Waals surface area contributed by atoms with Crippen molar-refractivity contribution in [2.75, 3.05) is 20.6 Å². The summed E-state index contributed by atoms with van der Waals surface area (Å²) >= 11 is 0. The number of hydrogen-bond donors (Lipinski definition) is 1. The van der Waals surface area contributed by atoms with Crippen LogP contribution in [0.15, 0.2) is 40.8 Å². The third-order valence-corrected chi connectivity index (χ3v) is 4.18. The summed E-state index contributed by atoms with van der Waals surface area (Å²) in [5, 5.41) is 3.01. The van der Waals surface area contributed by atoms with Gasteiger partial charge in [0.2, 0.25) is 0 Å². The minimum Gasteiger partial charge on any atom is -0.465 e. The summed E-state index contributed by atoms with van der Waals surface area (Å²) < 4.78 is 5.71. The molecule has 0 bridgehead atoms. The summed E-state index contributed by atoms with van der Waals surface area (Å²) in [5.41, 5.74) is 1.98. The van der Waals surface area contributed by atoms with Gasteiger partial charge in [-0.15, -0.1) is 0 Å². The SMILES string of the molecule is Cc1ccc([C@H](CNC(=O)c2ccc(C(C)(C)C)cc2)N(C)C)o1. The first-order valence-electron chi connectivity index (χ1n) is 8.30. The molecule has 0 radical (unpaired) electrons. The van der Waals surface area contributed by atoms with Gasteiger partial charge in [0.05, 0.1) is 6.04 Å². The molecule has 4 nitrogen and oxygen atoms in total. The highest BCUT2D eigenvalue weighted by Gasteiger charge is 2.19. The van der Waals surface area contributed by atoms with Crippen molar-refractivity contribution in [3.8, 4) is 0 Å². The third kappa shape index (κ3) is 4.48. The van der Waals surface area contributed by atoms with Crippen molar-refractivity contribution >= 4 is 5.91 Å². The van der Waals surface area contributed by atoms with Gasteiger partial charge in [-0.3, -0.25) is 9.69 Å². The largest absolute Gasteiger partial charge is 0.465 e. The van der Waals surface area contributed by atoms with Crippen molar-refractivity contribution in [2.24, 2.45) is 0 Å². The lowest BCUT2D eigenvalue weighted by Gasteiger charge is -2.23. The molecule has 0 spiro atoms. The summed E-state index contributed by atoms with van der Waals surface area (Å²) in [6.45, 7) is 8.91. The van der Waals surface area contributed by atoms with E-state index in [2.05, 4.69) is 26.1 Å². The molecule has 0 fully saturated rings. The predicted octanol–water partition coefficient (Wildman–Crippen LogP) is 3.92. The molecule has 130 valence electrons. The van der Waals surface area contributed by atoms with E-state index in [1.54, 1.807) is 0 Å². The normalized spacial score (nSPS) is 13.1. The molecule has 0 unspecified atom stereocenters. The fourth-order valence-corrected chi connectivity index (χ4v) is 2.58. The van der Waals surface area contributed by atoms with E-state index in [9.17, 15) is 4.79 Å². The molecule has 1 N–H and O–H groups in total. The van der Waals surface area contributed by atoms with Crippen molar-refractivity contribution < 1.29 is 9.21 Å². The molecule has 2 rings (SSSR count). The van der Waals surface area contributed by atoms with Crippen LogP contribution in [0.4, 0.5) is 0 Å². The smallest absolute Gasteiger partial charge is 0.251 e. The van der Waals surface area contributed by atoms with Gasteiger partial charge in [-0.05, 0) is 56.3 Å². The zero-order valence-corrected chi connectivity index (χ0v) is 15.5. The highest BCUT2D eigenvalue weighted by molar-refractivity contribution is 5.94. The maximum absolute atomic E-state index is 12.4. The summed E-state index contributed by atoms with van der Waals surface area (Å²) in [7, 11) is 3.96. The van der Waals surface area contributed by atoms with Crippen molar-refractivity contribution in [3.63, 3.8) is 0 Å². The summed E-state index contributed by atoms with van der Waals surface area (Å²) in [4.78, 5) is 14.5. The lowest BCUT2D eigenvalue weighted by molar-refractivity contribution is 0.0939. The van der Waals surface area contributed by atoms with Gasteiger partial charge in [-0.25, -0.2) is 0 Å². The number of rotatable bonds is 5. The van der Waals surface area contributed by atoms with E-state index < -0.39 is 0 Å². The Kier molecular flexibility index (Phi) is 5.50. The molecule has 1 heterocycles. The molecule has 1 atom stereocenters. The molecule has 2 aromatic rings. The van der Waals surface area contributed by atoms with Crippen LogP contribution < -0.4 is 5.32 Å². The number of carbonyl (C=O) groups excluding carboxylic acids is 1. The van der Waals surface area contributed by atoms with E-state index in [-0.39, 0.29) is 17.4 Å². The van der Waals surface area contributed by atoms with E-state index in [0.29, 0.717) is 12.1 Å². The van der Waals surface area contributed by atoms with Crippen LogP contribution in [-0.2, 0) is 5.41 Å². The average molecular weight is 328 g/mol. The van der Waals surface area contributed by atoms with E-state index >= 15 is 0 Å². The van der Waals surface area contributed by atoms with Gasteiger partial charge >= 0.3 is 0 Å². The predicted molar refractivity (Wildman–Crippen MR) is 97.3 cm³/mol. The Morgan fingerprint density at radius 3 is 2.21 bits per heavy atom. The standard InChI is InChI=1S/C20H28N2O2/c1-14-7-12-18(24-14)17(22(5)6)13-21-19(23)15-8-10-16(11-9-15)20(2,3)4/h7-12,17H,13H2,1-6H3,(H,21,23)/t17-/m0/s1. The number of amides is 1. The number of nitrogens with one attached hydrogen (secondary N) is 1. The molecule has 0 aliphatic heterocycles. The van der Waals surface area contributed by atoms with Crippen molar-refractivity contribution in [1.29, 1.82) is 0 Å². The Morgan fingerprint density at radius 2 is 1.75 bits per heavy atom. The molecule has 24 heavy (non-hydrogen) atoms. The van der Waals surface area contributed by atoms with Crippen LogP contribution in [0.2, 0.25) is 0 Å². The molecule has 4 heteroatoms. The number of likely N-dealkylation sites (N-methyl/N-ethyl adjacent to an activating group) is 1. The van der Waals surface area contributed by atoms with Crippen LogP contribution in [0.1, 0.15) is 54.3 Å². The third-order valence-electron chi connectivity index (χ3n) is 4.18. The molecule has 0 aliphatic carbocycles. The fourth-order valence-electron chi connectivity index (χ4n) is 2.58. The molecular weight excluding hydrogens is 300 g/mol. The average Bonchev–Trinajstić information content (AvgIpc) is 2.92. The maximum atomic E-state index is 12.4. The molecule has 0 aliphatic rings. The van der Waals surface area contributed by atoms with Crippen LogP contribution in [-0.4, -0.2) is 31.4 Å². The topological polar surface area (TPSA) is 45.5 Å². The maximum Gasteiger partial charge on any atom is 0.251 e. The number of carbonyl (C=O) groups is 1. The van der Waals surface area contributed by atoms with Gasteiger partial charge in [0.15, 0.2) is 0 Å². The number of nitrogens with zero attached hydrogens (tertiary/aromatic N) is 1. The second-order valence-corrected chi connectivity index (χ2v) is 7.47. The molecule has 1 amide bonds. The van der Waals surface area contributed by atoms with E-state index in [0.717, 1.165) is 11.5 Å². The van der Waals surface area contributed by atoms with Gasteiger partial charge in [-0.2, -0.15) is 0 Å². The van der Waals surface area contributed by atoms with Gasteiger partial charge < -0.3 is 9.73 Å². The van der Waals surface area contributed by atoms with Gasteiger partial charge in [0, 0.05) is 12.1 Å². The highest BCUT2D eigenvalue weighted by Crippen LogP contribution is 2.23. The van der Waals surface area contributed by atoms with Gasteiger partial charge in [-0.1, -0.05) is 32.9 Å². The minimum absolute atomic E-state index is 0.0106. The number of hydrogen-bond acceptors (Lipinski definition) is 3. The zero-order chi connectivity index (χ0) is 17.9. The first kappa shape index (κ1) is 18.3. The van der Waals surface area contributed by atoms with Crippen LogP contribution in [0.3, 0.4) is 0 Å². The summed E-state index contributed by atoms with van der Waals surface area (Å²) in [6, 6.07) is 11.7. The van der Waals surface area contributed by atoms with Crippen molar-refractivity contribution in [3.05, 3.63) is 59.0 Å². The minimum atomic E-state index is -0.0643. The summed E-state index contributed by atoms with van der Waals surface area (Å²) in [5.74, 6) is 1.67. The number of aryl methyl sites for hydroxylation is 1. The van der Waals surface area contributed by atoms with Gasteiger partial charge in [0.25, 0.3) is 5.91 Å². The quantitative estimate of drug-likeness (QED) is 0.905. The van der Waals surface area contributed by atoms with E-state index in [1.807, 2.05) is 62.3 Å². The Labute approximate surface area is 144 Å². The van der Waals surface area contributed by atoms with Crippen LogP contribution >= 0.6 is 0 Å². The Bertz CT molecular complexity index is 678. The first-order valence-corrected chi connectivity index (χ1v) is 8.30. The molecule has 0 saturated carbocycles. The van der Waals surface area contributed by atoms with Crippen molar-refractivity contribution in [2.45, 2.75) is 39.2 Å². The second-order valence-electron chi connectivity index (χ2n) is 7.47. The molecule has 0 saturated heterocycles. The summed E-state index contributed by atoms with van der Waals surface area (Å²) in [6.07, 6.45) is 0. The second kappa shape index (κ2) is 7.22. The van der Waals surface area contributed by atoms with Crippen LogP contribution in [0.5, 0.6) is 0 Å². The number of furan rings is 1. The van der Waals surface area contributed by atoms with E-state index in [4.69, 9.17) is 4.42 Å². The zero-order valence-electron chi connectivity index (χ0n) is 15.5.